The molecule has 2 aliphatic carbocycles. The van der Waals surface area contributed by atoms with Crippen LogP contribution in [0.3, 0.4) is 0 Å². The Balaban J connectivity index is 1.29. The normalized spacial score (nSPS) is 41.6. The zero-order chi connectivity index (χ0) is 17.9. The molecule has 4 nitrogen and oxygen atoms in total. The number of likely N-dealkylation sites (tertiary alicyclic amines) is 1. The first kappa shape index (κ1) is 18.7. The smallest absolute Gasteiger partial charge is 0.237 e. The highest BCUT2D eigenvalue weighted by molar-refractivity contribution is 5.82. The van der Waals surface area contributed by atoms with Gasteiger partial charge in [0.1, 0.15) is 0 Å². The van der Waals surface area contributed by atoms with Crippen LogP contribution in [-0.2, 0) is 4.79 Å². The standard InChI is InChI=1S/C22H39N3O/c1-16-8-7-10-17-14-19(24-21(16)17)22(26)23-15-18-9-3-4-11-20(18)25-12-5-2-6-13-25/h16-21,24H,2-15H2,1H3,(H,23,26). The molecule has 4 heteroatoms. The topological polar surface area (TPSA) is 44.4 Å². The van der Waals surface area contributed by atoms with Crippen LogP contribution in [0.4, 0.5) is 0 Å². The number of nitrogens with zero attached hydrogens (tertiary/aromatic N) is 1. The van der Waals surface area contributed by atoms with Crippen LogP contribution in [0.1, 0.15) is 77.6 Å². The van der Waals surface area contributed by atoms with Crippen LogP contribution in [0.2, 0.25) is 0 Å². The van der Waals surface area contributed by atoms with Gasteiger partial charge in [-0.15, -0.1) is 0 Å². The minimum atomic E-state index is 0.0579. The van der Waals surface area contributed by atoms with Crippen LogP contribution in [0.5, 0.6) is 0 Å². The van der Waals surface area contributed by atoms with E-state index in [0.717, 1.165) is 24.8 Å². The fourth-order valence-corrected chi connectivity index (χ4v) is 6.39. The monoisotopic (exact) mass is 361 g/mol. The van der Waals surface area contributed by atoms with Crippen molar-refractivity contribution in [3.63, 3.8) is 0 Å². The first-order valence-corrected chi connectivity index (χ1v) is 11.5. The highest BCUT2D eigenvalue weighted by Crippen LogP contribution is 2.37. The van der Waals surface area contributed by atoms with Crippen molar-refractivity contribution in [2.24, 2.45) is 17.8 Å². The van der Waals surface area contributed by atoms with Gasteiger partial charge in [-0.3, -0.25) is 4.79 Å². The Labute approximate surface area is 159 Å². The molecule has 148 valence electrons. The van der Waals surface area contributed by atoms with Crippen molar-refractivity contribution in [3.8, 4) is 0 Å². The van der Waals surface area contributed by atoms with Crippen molar-refractivity contribution < 1.29 is 4.79 Å². The fraction of sp³-hybridized carbons (Fsp3) is 0.955. The van der Waals surface area contributed by atoms with Crippen LogP contribution in [0.15, 0.2) is 0 Å². The van der Waals surface area contributed by atoms with Crippen LogP contribution in [-0.4, -0.2) is 48.6 Å². The summed E-state index contributed by atoms with van der Waals surface area (Å²) in [5.74, 6) is 2.39. The Morgan fingerprint density at radius 3 is 2.62 bits per heavy atom. The molecule has 2 N–H and O–H groups in total. The van der Waals surface area contributed by atoms with E-state index in [-0.39, 0.29) is 11.9 Å². The number of piperidine rings is 1. The number of hydrogen-bond donors (Lipinski definition) is 2. The van der Waals surface area contributed by atoms with Gasteiger partial charge in [0, 0.05) is 18.6 Å². The lowest BCUT2D eigenvalue weighted by atomic mass is 9.78. The second-order valence-corrected chi connectivity index (χ2v) is 9.60. The Morgan fingerprint density at radius 1 is 1.00 bits per heavy atom. The van der Waals surface area contributed by atoms with Gasteiger partial charge < -0.3 is 15.5 Å². The average Bonchev–Trinajstić information content (AvgIpc) is 3.13. The van der Waals surface area contributed by atoms with Crippen LogP contribution < -0.4 is 10.6 Å². The van der Waals surface area contributed by atoms with Crippen molar-refractivity contribution in [1.29, 1.82) is 0 Å². The summed E-state index contributed by atoms with van der Waals surface area (Å²) in [5, 5.41) is 7.04. The van der Waals surface area contributed by atoms with E-state index in [1.165, 1.54) is 77.3 Å². The fourth-order valence-electron chi connectivity index (χ4n) is 6.39. The summed E-state index contributed by atoms with van der Waals surface area (Å²) in [6, 6.07) is 1.35. The third kappa shape index (κ3) is 4.11. The molecule has 2 saturated heterocycles. The number of hydrogen-bond acceptors (Lipinski definition) is 3. The molecular weight excluding hydrogens is 322 g/mol. The van der Waals surface area contributed by atoms with Crippen LogP contribution in [0.25, 0.3) is 0 Å². The summed E-state index contributed by atoms with van der Waals surface area (Å²) in [4.78, 5) is 15.6. The molecule has 0 aromatic carbocycles. The van der Waals surface area contributed by atoms with Crippen LogP contribution >= 0.6 is 0 Å². The average molecular weight is 362 g/mol. The molecule has 0 aromatic heterocycles. The van der Waals surface area contributed by atoms with Gasteiger partial charge in [0.25, 0.3) is 0 Å². The van der Waals surface area contributed by atoms with Crippen molar-refractivity contribution in [2.45, 2.75) is 95.7 Å². The molecule has 6 atom stereocenters. The maximum Gasteiger partial charge on any atom is 0.237 e. The molecule has 0 bridgehead atoms. The molecular formula is C22H39N3O. The quantitative estimate of drug-likeness (QED) is 0.807. The lowest BCUT2D eigenvalue weighted by Crippen LogP contribution is -2.50. The molecule has 0 spiro atoms. The molecule has 4 fully saturated rings. The van der Waals surface area contributed by atoms with Crippen molar-refractivity contribution >= 4 is 5.91 Å². The summed E-state index contributed by atoms with van der Waals surface area (Å²) in [6.07, 6.45) is 14.5. The van der Waals surface area contributed by atoms with Gasteiger partial charge in [-0.05, 0) is 75.8 Å². The summed E-state index contributed by atoms with van der Waals surface area (Å²) in [7, 11) is 0. The predicted octanol–water partition coefficient (Wildman–Crippen LogP) is 3.31. The zero-order valence-corrected chi connectivity index (χ0v) is 16.7. The molecule has 2 saturated carbocycles. The highest BCUT2D eigenvalue weighted by atomic mass is 16.2. The summed E-state index contributed by atoms with van der Waals surface area (Å²) < 4.78 is 0. The zero-order valence-electron chi connectivity index (χ0n) is 16.7. The largest absolute Gasteiger partial charge is 0.354 e. The van der Waals surface area contributed by atoms with E-state index >= 15 is 0 Å². The minimum absolute atomic E-state index is 0.0579. The van der Waals surface area contributed by atoms with Gasteiger partial charge in [0.05, 0.1) is 6.04 Å². The third-order valence-electron chi connectivity index (χ3n) is 7.87. The van der Waals surface area contributed by atoms with E-state index in [1.807, 2.05) is 0 Å². The van der Waals surface area contributed by atoms with Gasteiger partial charge in [-0.2, -0.15) is 0 Å². The first-order valence-electron chi connectivity index (χ1n) is 11.5. The lowest BCUT2D eigenvalue weighted by Gasteiger charge is -2.42. The number of rotatable bonds is 4. The number of fused-ring (bicyclic) bond motifs is 1. The number of carbonyl (C=O) groups excluding carboxylic acids is 1. The molecule has 26 heavy (non-hydrogen) atoms. The van der Waals surface area contributed by atoms with E-state index in [9.17, 15) is 4.79 Å². The van der Waals surface area contributed by atoms with Crippen LogP contribution in [0, 0.1) is 17.8 Å². The highest BCUT2D eigenvalue weighted by Gasteiger charge is 2.41. The summed E-state index contributed by atoms with van der Waals surface area (Å²) >= 11 is 0. The molecule has 2 aliphatic heterocycles. The first-order chi connectivity index (χ1) is 12.7. The van der Waals surface area contributed by atoms with E-state index < -0.39 is 0 Å². The number of amides is 1. The molecule has 6 unspecified atom stereocenters. The Bertz CT molecular complexity index is 476. The predicted molar refractivity (Wildman–Crippen MR) is 106 cm³/mol. The second-order valence-electron chi connectivity index (χ2n) is 9.60. The van der Waals surface area contributed by atoms with Crippen molar-refractivity contribution in [2.75, 3.05) is 19.6 Å². The van der Waals surface area contributed by atoms with Crippen molar-refractivity contribution in [3.05, 3.63) is 0 Å². The molecule has 2 heterocycles. The van der Waals surface area contributed by atoms with Gasteiger partial charge in [-0.1, -0.05) is 32.6 Å². The summed E-state index contributed by atoms with van der Waals surface area (Å²) in [5.41, 5.74) is 0. The lowest BCUT2D eigenvalue weighted by molar-refractivity contribution is -0.123. The van der Waals surface area contributed by atoms with E-state index in [1.54, 1.807) is 0 Å². The van der Waals surface area contributed by atoms with Crippen molar-refractivity contribution in [1.82, 2.24) is 15.5 Å². The Kier molecular flexibility index (Phi) is 6.20. The summed E-state index contributed by atoms with van der Waals surface area (Å²) in [6.45, 7) is 5.81. The van der Waals surface area contributed by atoms with E-state index in [0.29, 0.717) is 18.0 Å². The molecule has 4 rings (SSSR count). The molecule has 0 aromatic rings. The minimum Gasteiger partial charge on any atom is -0.354 e. The second kappa shape index (κ2) is 8.60. The Hall–Kier alpha value is -0.610. The van der Waals surface area contributed by atoms with Gasteiger partial charge >= 0.3 is 0 Å². The number of nitrogens with one attached hydrogen (secondary N) is 2. The van der Waals surface area contributed by atoms with E-state index in [2.05, 4.69) is 22.5 Å². The third-order valence-corrected chi connectivity index (χ3v) is 7.87. The molecule has 0 radical (unpaired) electrons. The Morgan fingerprint density at radius 2 is 1.81 bits per heavy atom. The molecule has 1 amide bonds. The van der Waals surface area contributed by atoms with Gasteiger partial charge in [0.2, 0.25) is 5.91 Å². The maximum absolute atomic E-state index is 12.8. The number of carbonyl (C=O) groups is 1. The SMILES string of the molecule is CC1CCCC2CC(C(=O)NCC3CCCCC3N3CCCCC3)NC12. The van der Waals surface area contributed by atoms with E-state index in [4.69, 9.17) is 0 Å². The maximum atomic E-state index is 12.8. The van der Waals surface area contributed by atoms with Gasteiger partial charge in [0.15, 0.2) is 0 Å². The van der Waals surface area contributed by atoms with Gasteiger partial charge in [-0.25, -0.2) is 0 Å². The molecule has 4 aliphatic rings.